The first-order valence-electron chi connectivity index (χ1n) is 2.24. The van der Waals surface area contributed by atoms with Crippen molar-refractivity contribution < 1.29 is 13.6 Å². The van der Waals surface area contributed by atoms with E-state index in [4.69, 9.17) is 0 Å². The van der Waals surface area contributed by atoms with Crippen molar-refractivity contribution in [3.63, 3.8) is 0 Å². The van der Waals surface area contributed by atoms with E-state index < -0.39 is 12.1 Å². The van der Waals surface area contributed by atoms with Crippen molar-refractivity contribution in [2.24, 2.45) is 0 Å². The van der Waals surface area contributed by atoms with Crippen LogP contribution in [0.3, 0.4) is 0 Å². The summed E-state index contributed by atoms with van der Waals surface area (Å²) >= 11 is 0.613. The second-order valence-electron chi connectivity index (χ2n) is 1.39. The average molecular weight is 163 g/mol. The van der Waals surface area contributed by atoms with Gasteiger partial charge in [0.25, 0.3) is 6.43 Å². The predicted octanol–water partition coefficient (Wildman–Crippen LogP) is 0.933. The molecule has 1 aromatic rings. The number of hydrogen-bond donors (Lipinski definition) is 0. The first-order valence-corrected chi connectivity index (χ1v) is 3.01. The fourth-order valence-electron chi connectivity index (χ4n) is 0.411. The molecule has 0 saturated carbocycles. The SMILES string of the molecule is O=[C]c1snnc1C(F)F. The van der Waals surface area contributed by atoms with E-state index >= 15 is 0 Å². The maximum absolute atomic E-state index is 11.8. The Hall–Kier alpha value is -0.910. The van der Waals surface area contributed by atoms with Gasteiger partial charge in [0.2, 0.25) is 6.29 Å². The van der Waals surface area contributed by atoms with Gasteiger partial charge in [0, 0.05) is 0 Å². The van der Waals surface area contributed by atoms with Gasteiger partial charge < -0.3 is 0 Å². The van der Waals surface area contributed by atoms with Crippen molar-refractivity contribution in [2.75, 3.05) is 0 Å². The monoisotopic (exact) mass is 163 g/mol. The molecule has 1 heterocycles. The third kappa shape index (κ3) is 1.15. The van der Waals surface area contributed by atoms with Crippen LogP contribution >= 0.6 is 11.5 Å². The number of alkyl halides is 2. The summed E-state index contributed by atoms with van der Waals surface area (Å²) in [5, 5.41) is 3.04. The Morgan fingerprint density at radius 1 is 1.60 bits per heavy atom. The van der Waals surface area contributed by atoms with Crippen LogP contribution < -0.4 is 0 Å². The average Bonchev–Trinajstić information content (AvgIpc) is 2.33. The van der Waals surface area contributed by atoms with Crippen LogP contribution in [0.1, 0.15) is 17.0 Å². The van der Waals surface area contributed by atoms with E-state index in [1.165, 1.54) is 6.29 Å². The van der Waals surface area contributed by atoms with Crippen molar-refractivity contribution in [3.05, 3.63) is 10.6 Å². The fraction of sp³-hybridized carbons (Fsp3) is 0.250. The van der Waals surface area contributed by atoms with Crippen LogP contribution in [-0.2, 0) is 4.79 Å². The van der Waals surface area contributed by atoms with Crippen LogP contribution in [0.2, 0.25) is 0 Å². The number of halogens is 2. The molecular formula is C4HF2N2OS. The minimum atomic E-state index is -2.74. The highest BCUT2D eigenvalue weighted by Gasteiger charge is 2.17. The van der Waals surface area contributed by atoms with E-state index in [1.54, 1.807) is 0 Å². The number of hydrogen-bond acceptors (Lipinski definition) is 4. The molecule has 0 aliphatic heterocycles. The largest absolute Gasteiger partial charge is 0.284 e. The first-order chi connectivity index (χ1) is 4.75. The number of rotatable bonds is 2. The molecule has 3 nitrogen and oxygen atoms in total. The normalized spacial score (nSPS) is 10.3. The Kier molecular flexibility index (Phi) is 2.00. The van der Waals surface area contributed by atoms with Gasteiger partial charge in [0.15, 0.2) is 5.69 Å². The van der Waals surface area contributed by atoms with Crippen LogP contribution in [-0.4, -0.2) is 15.9 Å². The van der Waals surface area contributed by atoms with Crippen LogP contribution in [0.5, 0.6) is 0 Å². The lowest BCUT2D eigenvalue weighted by atomic mass is 10.4. The first kappa shape index (κ1) is 7.20. The Bertz CT molecular complexity index is 237. The van der Waals surface area contributed by atoms with Gasteiger partial charge in [-0.25, -0.2) is 8.78 Å². The maximum atomic E-state index is 11.8. The molecule has 0 saturated heterocycles. The minimum Gasteiger partial charge on any atom is -0.284 e. The summed E-state index contributed by atoms with van der Waals surface area (Å²) in [5.41, 5.74) is -0.583. The molecule has 6 heteroatoms. The van der Waals surface area contributed by atoms with Gasteiger partial charge in [0.1, 0.15) is 4.88 Å². The lowest BCUT2D eigenvalue weighted by Gasteiger charge is -1.88. The molecule has 0 aliphatic carbocycles. The Morgan fingerprint density at radius 2 is 2.30 bits per heavy atom. The zero-order valence-corrected chi connectivity index (χ0v) is 5.36. The molecule has 0 aliphatic rings. The summed E-state index contributed by atoms with van der Waals surface area (Å²) in [4.78, 5) is 9.64. The standard InChI is InChI=1S/C4HF2N2OS/c5-4(6)3-2(1-9)10-8-7-3/h4H. The third-order valence-corrected chi connectivity index (χ3v) is 1.45. The van der Waals surface area contributed by atoms with Gasteiger partial charge >= 0.3 is 0 Å². The van der Waals surface area contributed by atoms with Gasteiger partial charge in [-0.05, 0) is 11.5 Å². The quantitative estimate of drug-likeness (QED) is 0.651. The summed E-state index contributed by atoms with van der Waals surface area (Å²) in [6.45, 7) is 0. The molecule has 0 N–H and O–H groups in total. The molecule has 1 radical (unpaired) electrons. The molecule has 1 aromatic heterocycles. The van der Waals surface area contributed by atoms with Crippen LogP contribution in [0, 0.1) is 0 Å². The molecule has 0 unspecified atom stereocenters. The Morgan fingerprint density at radius 3 is 2.70 bits per heavy atom. The zero-order valence-electron chi connectivity index (χ0n) is 4.54. The van der Waals surface area contributed by atoms with Gasteiger partial charge in [-0.1, -0.05) is 4.49 Å². The molecular weight excluding hydrogens is 162 g/mol. The number of nitrogens with zero attached hydrogens (tertiary/aromatic N) is 2. The highest BCUT2D eigenvalue weighted by atomic mass is 32.1. The van der Waals surface area contributed by atoms with E-state index in [1.807, 2.05) is 0 Å². The smallest absolute Gasteiger partial charge is 0.283 e. The predicted molar refractivity (Wildman–Crippen MR) is 29.7 cm³/mol. The van der Waals surface area contributed by atoms with E-state index in [9.17, 15) is 13.6 Å². The molecule has 53 valence electrons. The van der Waals surface area contributed by atoms with Crippen LogP contribution in [0.4, 0.5) is 8.78 Å². The number of aromatic nitrogens is 2. The molecule has 0 atom stereocenters. The Balaban J connectivity index is 3.01. The summed E-state index contributed by atoms with van der Waals surface area (Å²) in [5.74, 6) is 0. The Labute approximate surface area is 58.8 Å². The van der Waals surface area contributed by atoms with Gasteiger partial charge in [-0.2, -0.15) is 0 Å². The van der Waals surface area contributed by atoms with Gasteiger partial charge in [-0.15, -0.1) is 5.10 Å². The zero-order chi connectivity index (χ0) is 7.56. The highest BCUT2D eigenvalue weighted by molar-refractivity contribution is 7.07. The lowest BCUT2D eigenvalue weighted by molar-refractivity contribution is 0.146. The van der Waals surface area contributed by atoms with Gasteiger partial charge in [-0.3, -0.25) is 4.79 Å². The summed E-state index contributed by atoms with van der Waals surface area (Å²) in [6.07, 6.45) is -1.42. The molecule has 1 rings (SSSR count). The summed E-state index contributed by atoms with van der Waals surface area (Å²) < 4.78 is 26.7. The minimum absolute atomic E-state index is 0.227. The molecule has 0 spiro atoms. The molecule has 0 bridgehead atoms. The summed E-state index contributed by atoms with van der Waals surface area (Å²) in [6, 6.07) is 0. The molecule has 0 amide bonds. The topological polar surface area (TPSA) is 42.9 Å². The number of carbonyl (C=O) groups excluding carboxylic acids is 1. The van der Waals surface area contributed by atoms with Crippen LogP contribution in [0.25, 0.3) is 0 Å². The second kappa shape index (κ2) is 2.78. The van der Waals surface area contributed by atoms with E-state index in [0.717, 1.165) is 0 Å². The van der Waals surface area contributed by atoms with Crippen LogP contribution in [0.15, 0.2) is 0 Å². The lowest BCUT2D eigenvalue weighted by Crippen LogP contribution is -1.89. The maximum Gasteiger partial charge on any atom is 0.283 e. The third-order valence-electron chi connectivity index (χ3n) is 0.813. The van der Waals surface area contributed by atoms with E-state index in [0.29, 0.717) is 11.5 Å². The second-order valence-corrected chi connectivity index (χ2v) is 2.14. The van der Waals surface area contributed by atoms with Crippen molar-refractivity contribution in [1.29, 1.82) is 0 Å². The van der Waals surface area contributed by atoms with Gasteiger partial charge in [0.05, 0.1) is 0 Å². The molecule has 10 heavy (non-hydrogen) atoms. The highest BCUT2D eigenvalue weighted by Crippen LogP contribution is 2.20. The van der Waals surface area contributed by atoms with E-state index in [2.05, 4.69) is 9.59 Å². The summed E-state index contributed by atoms with van der Waals surface area (Å²) in [7, 11) is 0. The van der Waals surface area contributed by atoms with Crippen molar-refractivity contribution in [3.8, 4) is 0 Å². The molecule has 0 fully saturated rings. The van der Waals surface area contributed by atoms with Crippen molar-refractivity contribution >= 4 is 17.8 Å². The fourth-order valence-corrected chi connectivity index (χ4v) is 0.882. The van der Waals surface area contributed by atoms with E-state index in [-0.39, 0.29) is 4.88 Å². The molecule has 0 aromatic carbocycles. The van der Waals surface area contributed by atoms with Crippen molar-refractivity contribution in [1.82, 2.24) is 9.59 Å². The van der Waals surface area contributed by atoms with Crippen molar-refractivity contribution in [2.45, 2.75) is 6.43 Å².